The van der Waals surface area contributed by atoms with Gasteiger partial charge in [-0.2, -0.15) is 0 Å². The summed E-state index contributed by atoms with van der Waals surface area (Å²) in [5.41, 5.74) is 3.52. The largest absolute Gasteiger partial charge is 0.481 e. The first-order valence-electron chi connectivity index (χ1n) is 6.24. The SMILES string of the molecule is CCc1ccc(C(C)(C)CC(=O)O)cc1CC. The maximum Gasteiger partial charge on any atom is 0.304 e. The maximum atomic E-state index is 10.9. The molecular weight excluding hydrogens is 212 g/mol. The zero-order valence-electron chi connectivity index (χ0n) is 11.2. The van der Waals surface area contributed by atoms with Gasteiger partial charge in [0.1, 0.15) is 0 Å². The Morgan fingerprint density at radius 3 is 2.24 bits per heavy atom. The lowest BCUT2D eigenvalue weighted by molar-refractivity contribution is -0.138. The van der Waals surface area contributed by atoms with Gasteiger partial charge in [-0.05, 0) is 29.5 Å². The van der Waals surface area contributed by atoms with Gasteiger partial charge in [0.25, 0.3) is 0 Å². The lowest BCUT2D eigenvalue weighted by Crippen LogP contribution is -2.22. The minimum absolute atomic E-state index is 0.168. The zero-order valence-corrected chi connectivity index (χ0v) is 11.2. The van der Waals surface area contributed by atoms with Crippen LogP contribution in [0.5, 0.6) is 0 Å². The highest BCUT2D eigenvalue weighted by Gasteiger charge is 2.24. The molecule has 0 aliphatic heterocycles. The molecule has 0 radical (unpaired) electrons. The Balaban J connectivity index is 3.10. The Bertz CT molecular complexity index is 405. The average molecular weight is 234 g/mol. The lowest BCUT2D eigenvalue weighted by Gasteiger charge is -2.24. The molecule has 0 saturated carbocycles. The van der Waals surface area contributed by atoms with Crippen molar-refractivity contribution in [1.29, 1.82) is 0 Å². The molecule has 0 atom stereocenters. The Labute approximate surface area is 104 Å². The monoisotopic (exact) mass is 234 g/mol. The van der Waals surface area contributed by atoms with Crippen molar-refractivity contribution in [2.45, 2.75) is 52.4 Å². The summed E-state index contributed by atoms with van der Waals surface area (Å²) in [6.07, 6.45) is 2.20. The van der Waals surface area contributed by atoms with Crippen LogP contribution in [0.2, 0.25) is 0 Å². The third-order valence-corrected chi connectivity index (χ3v) is 3.34. The van der Waals surface area contributed by atoms with Crippen molar-refractivity contribution < 1.29 is 9.90 Å². The highest BCUT2D eigenvalue weighted by atomic mass is 16.4. The fourth-order valence-electron chi connectivity index (χ4n) is 2.20. The van der Waals surface area contributed by atoms with Crippen molar-refractivity contribution in [2.75, 3.05) is 0 Å². The fourth-order valence-corrected chi connectivity index (χ4v) is 2.20. The van der Waals surface area contributed by atoms with Crippen LogP contribution in [0.1, 0.15) is 50.8 Å². The van der Waals surface area contributed by atoms with Crippen LogP contribution in [0.15, 0.2) is 18.2 Å². The molecule has 0 aromatic heterocycles. The fraction of sp³-hybridized carbons (Fsp3) is 0.533. The van der Waals surface area contributed by atoms with Crippen molar-refractivity contribution in [3.63, 3.8) is 0 Å². The molecule has 94 valence electrons. The first kappa shape index (κ1) is 13.8. The molecule has 1 rings (SSSR count). The summed E-state index contributed by atoms with van der Waals surface area (Å²) in [6.45, 7) is 8.27. The van der Waals surface area contributed by atoms with E-state index < -0.39 is 5.97 Å². The van der Waals surface area contributed by atoms with Crippen molar-refractivity contribution in [3.05, 3.63) is 34.9 Å². The van der Waals surface area contributed by atoms with E-state index in [0.29, 0.717) is 0 Å². The summed E-state index contributed by atoms with van der Waals surface area (Å²) in [5.74, 6) is -0.743. The van der Waals surface area contributed by atoms with Crippen LogP contribution in [-0.4, -0.2) is 11.1 Å². The summed E-state index contributed by atoms with van der Waals surface area (Å²) in [4.78, 5) is 10.9. The molecule has 0 aliphatic rings. The topological polar surface area (TPSA) is 37.3 Å². The first-order valence-corrected chi connectivity index (χ1v) is 6.24. The molecule has 0 aliphatic carbocycles. The van der Waals surface area contributed by atoms with Crippen LogP contribution < -0.4 is 0 Å². The molecule has 2 heteroatoms. The molecule has 1 N–H and O–H groups in total. The van der Waals surface area contributed by atoms with Gasteiger partial charge in [0, 0.05) is 5.41 Å². The third-order valence-electron chi connectivity index (χ3n) is 3.34. The van der Waals surface area contributed by atoms with Crippen molar-refractivity contribution >= 4 is 5.97 Å². The summed E-state index contributed by atoms with van der Waals surface area (Å²) in [5, 5.41) is 8.94. The molecule has 0 heterocycles. The number of benzene rings is 1. The normalized spacial score (nSPS) is 11.5. The number of carbonyl (C=O) groups is 1. The number of aliphatic carboxylic acids is 1. The molecule has 1 aromatic rings. The van der Waals surface area contributed by atoms with Gasteiger partial charge in [-0.1, -0.05) is 45.9 Å². The highest BCUT2D eigenvalue weighted by Crippen LogP contribution is 2.29. The maximum absolute atomic E-state index is 10.9. The Morgan fingerprint density at radius 1 is 1.18 bits per heavy atom. The van der Waals surface area contributed by atoms with Crippen LogP contribution in [0.3, 0.4) is 0 Å². The van der Waals surface area contributed by atoms with E-state index in [1.165, 1.54) is 11.1 Å². The predicted molar refractivity (Wildman–Crippen MR) is 70.5 cm³/mol. The number of carboxylic acids is 1. The molecule has 0 amide bonds. The molecular formula is C15H22O2. The number of rotatable bonds is 5. The molecule has 17 heavy (non-hydrogen) atoms. The van der Waals surface area contributed by atoms with E-state index in [9.17, 15) is 4.79 Å². The minimum atomic E-state index is -0.743. The van der Waals surface area contributed by atoms with Gasteiger partial charge in [0.05, 0.1) is 6.42 Å². The summed E-state index contributed by atoms with van der Waals surface area (Å²) in [6, 6.07) is 6.38. The first-order chi connectivity index (χ1) is 7.90. The van der Waals surface area contributed by atoms with E-state index in [0.717, 1.165) is 18.4 Å². The Kier molecular flexibility index (Phi) is 4.33. The summed E-state index contributed by atoms with van der Waals surface area (Å²) in [7, 11) is 0. The highest BCUT2D eigenvalue weighted by molar-refractivity contribution is 5.69. The molecule has 0 saturated heterocycles. The van der Waals surface area contributed by atoms with Gasteiger partial charge >= 0.3 is 5.97 Å². The quantitative estimate of drug-likeness (QED) is 0.845. The Morgan fingerprint density at radius 2 is 1.76 bits per heavy atom. The smallest absolute Gasteiger partial charge is 0.304 e. The Hall–Kier alpha value is -1.31. The zero-order chi connectivity index (χ0) is 13.1. The molecule has 0 unspecified atom stereocenters. The third kappa shape index (κ3) is 3.32. The lowest BCUT2D eigenvalue weighted by atomic mass is 9.80. The van der Waals surface area contributed by atoms with E-state index in [4.69, 9.17) is 5.11 Å². The molecule has 1 aromatic carbocycles. The molecule has 0 bridgehead atoms. The minimum Gasteiger partial charge on any atom is -0.481 e. The van der Waals surface area contributed by atoms with E-state index in [1.807, 2.05) is 13.8 Å². The standard InChI is InChI=1S/C15H22O2/c1-5-11-7-8-13(9-12(11)6-2)15(3,4)10-14(16)17/h7-9H,5-6,10H2,1-4H3,(H,16,17). The van der Waals surface area contributed by atoms with E-state index in [1.54, 1.807) is 0 Å². The average Bonchev–Trinajstić information content (AvgIpc) is 2.26. The van der Waals surface area contributed by atoms with E-state index >= 15 is 0 Å². The van der Waals surface area contributed by atoms with E-state index in [-0.39, 0.29) is 11.8 Å². The molecule has 0 spiro atoms. The van der Waals surface area contributed by atoms with E-state index in [2.05, 4.69) is 32.0 Å². The molecule has 0 fully saturated rings. The van der Waals surface area contributed by atoms with Gasteiger partial charge in [0.2, 0.25) is 0 Å². The number of hydrogen-bond acceptors (Lipinski definition) is 1. The van der Waals surface area contributed by atoms with Crippen molar-refractivity contribution in [2.24, 2.45) is 0 Å². The van der Waals surface area contributed by atoms with Gasteiger partial charge in [-0.3, -0.25) is 4.79 Å². The summed E-state index contributed by atoms with van der Waals surface area (Å²) >= 11 is 0. The van der Waals surface area contributed by atoms with Crippen LogP contribution in [0.25, 0.3) is 0 Å². The van der Waals surface area contributed by atoms with Gasteiger partial charge < -0.3 is 5.11 Å². The van der Waals surface area contributed by atoms with Crippen LogP contribution >= 0.6 is 0 Å². The van der Waals surface area contributed by atoms with Gasteiger partial charge in [-0.15, -0.1) is 0 Å². The van der Waals surface area contributed by atoms with Gasteiger partial charge in [-0.25, -0.2) is 0 Å². The van der Waals surface area contributed by atoms with Crippen molar-refractivity contribution in [3.8, 4) is 0 Å². The second-order valence-corrected chi connectivity index (χ2v) is 5.14. The predicted octanol–water partition coefficient (Wildman–Crippen LogP) is 3.56. The van der Waals surface area contributed by atoms with Crippen LogP contribution in [0.4, 0.5) is 0 Å². The number of aryl methyl sites for hydroxylation is 2. The van der Waals surface area contributed by atoms with Gasteiger partial charge in [0.15, 0.2) is 0 Å². The second kappa shape index (κ2) is 5.35. The van der Waals surface area contributed by atoms with Crippen LogP contribution in [-0.2, 0) is 23.1 Å². The molecule has 2 nitrogen and oxygen atoms in total. The summed E-state index contributed by atoms with van der Waals surface area (Å²) < 4.78 is 0. The second-order valence-electron chi connectivity index (χ2n) is 5.14. The van der Waals surface area contributed by atoms with Crippen molar-refractivity contribution in [1.82, 2.24) is 0 Å². The number of carboxylic acid groups (broad SMARTS) is 1. The number of hydrogen-bond donors (Lipinski definition) is 1. The van der Waals surface area contributed by atoms with Crippen LogP contribution in [0, 0.1) is 0 Å².